The third kappa shape index (κ3) is 5.79. The second-order valence-corrected chi connectivity index (χ2v) is 9.98. The first kappa shape index (κ1) is 28.3. The predicted octanol–water partition coefficient (Wildman–Crippen LogP) is 4.56. The largest absolute Gasteiger partial charge is 0.494 e. The van der Waals surface area contributed by atoms with E-state index in [-0.39, 0.29) is 5.91 Å². The lowest BCUT2D eigenvalue weighted by molar-refractivity contribution is -0.111. The molecule has 0 spiro atoms. The van der Waals surface area contributed by atoms with Crippen molar-refractivity contribution in [2.24, 2.45) is 7.05 Å². The first-order valence-electron chi connectivity index (χ1n) is 13.3. The van der Waals surface area contributed by atoms with Crippen molar-refractivity contribution in [3.05, 3.63) is 67.8 Å². The summed E-state index contributed by atoms with van der Waals surface area (Å²) in [5.74, 6) is 0.845. The van der Waals surface area contributed by atoms with Gasteiger partial charge in [-0.2, -0.15) is 0 Å². The molecule has 216 valence electrons. The lowest BCUT2D eigenvalue weighted by atomic mass is 10.1. The Kier molecular flexibility index (Phi) is 8.16. The number of aryl methyl sites for hydroxylation is 1. The smallest absolute Gasteiger partial charge is 0.251 e. The Morgan fingerprint density at radius 3 is 2.67 bits per heavy atom. The van der Waals surface area contributed by atoms with Gasteiger partial charge in [0.15, 0.2) is 0 Å². The summed E-state index contributed by atoms with van der Waals surface area (Å²) in [7, 11) is 9.56. The number of rotatable bonds is 11. The van der Waals surface area contributed by atoms with E-state index in [1.807, 2.05) is 69.3 Å². The molecule has 2 N–H and O–H groups in total. The van der Waals surface area contributed by atoms with Crippen molar-refractivity contribution in [1.82, 2.24) is 29.6 Å². The summed E-state index contributed by atoms with van der Waals surface area (Å²) in [4.78, 5) is 26.0. The summed E-state index contributed by atoms with van der Waals surface area (Å²) in [5, 5.41) is 15.2. The highest BCUT2D eigenvalue weighted by atomic mass is 16.5. The number of nitrogens with one attached hydrogen (secondary N) is 2. The lowest BCUT2D eigenvalue weighted by Crippen LogP contribution is -2.29. The van der Waals surface area contributed by atoms with Crippen molar-refractivity contribution >= 4 is 39.8 Å². The minimum Gasteiger partial charge on any atom is -0.494 e. The van der Waals surface area contributed by atoms with Crippen molar-refractivity contribution in [1.29, 1.82) is 0 Å². The number of hydrogen-bond acceptors (Lipinski definition) is 10. The highest BCUT2D eigenvalue weighted by Crippen LogP contribution is 2.39. The van der Waals surface area contributed by atoms with E-state index in [2.05, 4.69) is 42.2 Å². The predicted molar refractivity (Wildman–Crippen MR) is 164 cm³/mol. The molecule has 0 bridgehead atoms. The maximum atomic E-state index is 12.4. The second-order valence-electron chi connectivity index (χ2n) is 9.98. The molecular weight excluding hydrogens is 534 g/mol. The number of likely N-dealkylation sites (N-methyl/N-ethyl adjacent to an activating group) is 2. The molecule has 5 aromatic rings. The summed E-state index contributed by atoms with van der Waals surface area (Å²) >= 11 is 0. The maximum Gasteiger partial charge on any atom is 0.251 e. The van der Waals surface area contributed by atoms with Crippen molar-refractivity contribution in [3.63, 3.8) is 0 Å². The van der Waals surface area contributed by atoms with Gasteiger partial charge in [0.05, 0.1) is 35.4 Å². The van der Waals surface area contributed by atoms with Crippen LogP contribution in [0.2, 0.25) is 0 Å². The Morgan fingerprint density at radius 1 is 1.14 bits per heavy atom. The van der Waals surface area contributed by atoms with Crippen LogP contribution in [-0.4, -0.2) is 76.9 Å². The molecule has 0 aliphatic carbocycles. The zero-order valence-electron chi connectivity index (χ0n) is 24.3. The maximum absolute atomic E-state index is 12.4. The molecule has 0 unspecified atom stereocenters. The Bertz CT molecular complexity index is 1730. The fourth-order valence-corrected chi connectivity index (χ4v) is 4.65. The Balaban J connectivity index is 1.59. The number of hydrogen-bond donors (Lipinski definition) is 2. The number of ether oxygens (including phenoxy) is 1. The third-order valence-electron chi connectivity index (χ3n) is 6.83. The second kappa shape index (κ2) is 12.1. The van der Waals surface area contributed by atoms with E-state index in [1.54, 1.807) is 19.4 Å². The van der Waals surface area contributed by atoms with E-state index < -0.39 is 0 Å². The van der Waals surface area contributed by atoms with Gasteiger partial charge in [-0.3, -0.25) is 4.79 Å². The van der Waals surface area contributed by atoms with E-state index in [0.29, 0.717) is 40.2 Å². The van der Waals surface area contributed by atoms with Crippen LogP contribution in [-0.2, 0) is 11.8 Å². The Morgan fingerprint density at radius 2 is 1.95 bits per heavy atom. The monoisotopic (exact) mass is 567 g/mol. The average Bonchev–Trinajstić information content (AvgIpc) is 3.64. The van der Waals surface area contributed by atoms with Crippen LogP contribution in [0.5, 0.6) is 5.75 Å². The van der Waals surface area contributed by atoms with Crippen LogP contribution in [0, 0.1) is 0 Å². The number of anilines is 4. The zero-order valence-corrected chi connectivity index (χ0v) is 24.3. The molecule has 3 heterocycles. The first-order valence-corrected chi connectivity index (χ1v) is 13.3. The molecule has 0 saturated carbocycles. The van der Waals surface area contributed by atoms with E-state index in [9.17, 15) is 4.79 Å². The quantitative estimate of drug-likeness (QED) is 0.219. The van der Waals surface area contributed by atoms with Crippen molar-refractivity contribution in [2.45, 2.75) is 0 Å². The van der Waals surface area contributed by atoms with Crippen molar-refractivity contribution in [3.8, 4) is 28.5 Å². The number of methoxy groups -OCH3 is 1. The zero-order chi connectivity index (χ0) is 29.8. The Labute approximate surface area is 243 Å². The molecule has 42 heavy (non-hydrogen) atoms. The molecule has 0 radical (unpaired) electrons. The van der Waals surface area contributed by atoms with Crippen molar-refractivity contribution < 1.29 is 13.9 Å². The summed E-state index contributed by atoms with van der Waals surface area (Å²) in [5.41, 5.74) is 5.09. The minimum atomic E-state index is -0.327. The highest BCUT2D eigenvalue weighted by Gasteiger charge is 2.21. The molecular formula is C30H33N9O3. The molecule has 3 aromatic heterocycles. The van der Waals surface area contributed by atoms with Crippen LogP contribution in [0.15, 0.2) is 72.3 Å². The Hall–Kier alpha value is -5.23. The van der Waals surface area contributed by atoms with Gasteiger partial charge >= 0.3 is 0 Å². The normalized spacial score (nSPS) is 11.1. The van der Waals surface area contributed by atoms with E-state index in [0.717, 1.165) is 35.2 Å². The topological polar surface area (TPSA) is 126 Å². The molecule has 1 amide bonds. The van der Waals surface area contributed by atoms with Gasteiger partial charge in [0.2, 0.25) is 18.2 Å². The van der Waals surface area contributed by atoms with E-state index in [4.69, 9.17) is 14.1 Å². The molecule has 0 saturated heterocycles. The van der Waals surface area contributed by atoms with Gasteiger partial charge in [-0.1, -0.05) is 24.8 Å². The van der Waals surface area contributed by atoms with E-state index >= 15 is 0 Å². The standard InChI is InChI=1S/C30H33N9O3/c1-7-27(40)33-22-14-23(26(41-6)15-25(22)38(4)13-12-37(2)3)34-30-31-16-20(29-36-32-18-42-29)28(35-30)21-17-39(5)24-11-9-8-10-19(21)24/h7-11,14-18H,1,12-13H2,2-6H3,(H,33,40)(H,31,34,35). The highest BCUT2D eigenvalue weighted by molar-refractivity contribution is 6.02. The van der Waals surface area contributed by atoms with Gasteiger partial charge in [-0.15, -0.1) is 10.2 Å². The van der Waals surface area contributed by atoms with Gasteiger partial charge in [0.1, 0.15) is 5.75 Å². The SMILES string of the molecule is C=CC(=O)Nc1cc(Nc2ncc(-c3nnco3)c(-c3cn(C)c4ccccc34)n2)c(OC)cc1N(C)CCN(C)C. The van der Waals surface area contributed by atoms with Gasteiger partial charge < -0.3 is 34.2 Å². The molecule has 0 fully saturated rings. The summed E-state index contributed by atoms with van der Waals surface area (Å²) in [6.45, 7) is 5.15. The van der Waals surface area contributed by atoms with Gasteiger partial charge in [0, 0.05) is 62.1 Å². The van der Waals surface area contributed by atoms with Gasteiger partial charge in [-0.05, 0) is 32.3 Å². The fourth-order valence-electron chi connectivity index (χ4n) is 4.65. The third-order valence-corrected chi connectivity index (χ3v) is 6.83. The van der Waals surface area contributed by atoms with Gasteiger partial charge in [0.25, 0.3) is 5.89 Å². The van der Waals surface area contributed by atoms with Gasteiger partial charge in [-0.25, -0.2) is 9.97 Å². The lowest BCUT2D eigenvalue weighted by Gasteiger charge is -2.26. The van der Waals surface area contributed by atoms with Crippen LogP contribution in [0.25, 0.3) is 33.6 Å². The summed E-state index contributed by atoms with van der Waals surface area (Å²) in [6.07, 6.45) is 6.17. The summed E-state index contributed by atoms with van der Waals surface area (Å²) < 4.78 is 13.3. The number of para-hydroxylation sites is 1. The minimum absolute atomic E-state index is 0.307. The average molecular weight is 568 g/mol. The molecule has 12 heteroatoms. The number of nitrogens with zero attached hydrogens (tertiary/aromatic N) is 7. The van der Waals surface area contributed by atoms with Crippen LogP contribution < -0.4 is 20.3 Å². The molecule has 0 aliphatic heterocycles. The number of aromatic nitrogens is 5. The van der Waals surface area contributed by atoms with Crippen LogP contribution in [0.3, 0.4) is 0 Å². The first-order chi connectivity index (χ1) is 20.3. The summed E-state index contributed by atoms with van der Waals surface area (Å²) in [6, 6.07) is 11.7. The molecule has 0 aliphatic rings. The molecule has 0 atom stereocenters. The fraction of sp³-hybridized carbons (Fsp3) is 0.233. The molecule has 12 nitrogen and oxygen atoms in total. The number of carbonyl (C=O) groups is 1. The molecule has 2 aromatic carbocycles. The van der Waals surface area contributed by atoms with E-state index in [1.165, 1.54) is 12.5 Å². The molecule has 5 rings (SSSR count). The van der Waals surface area contributed by atoms with Crippen LogP contribution in [0.4, 0.5) is 23.0 Å². The van der Waals surface area contributed by atoms with Crippen LogP contribution >= 0.6 is 0 Å². The van der Waals surface area contributed by atoms with Crippen molar-refractivity contribution in [2.75, 3.05) is 56.9 Å². The number of amides is 1. The van der Waals surface area contributed by atoms with Crippen LogP contribution in [0.1, 0.15) is 0 Å². The number of benzene rings is 2. The number of carbonyl (C=O) groups excluding carboxylic acids is 1. The number of fused-ring (bicyclic) bond motifs is 1.